The molecule has 0 aromatic heterocycles. The molecule has 0 bridgehead atoms. The summed E-state index contributed by atoms with van der Waals surface area (Å²) in [5, 5.41) is 9.52. The Morgan fingerprint density at radius 1 is 1.16 bits per heavy atom. The van der Waals surface area contributed by atoms with E-state index in [0.29, 0.717) is 5.92 Å². The van der Waals surface area contributed by atoms with E-state index in [2.05, 4.69) is 32.9 Å². The highest BCUT2D eigenvalue weighted by molar-refractivity contribution is 5.76. The molecule has 1 aromatic rings. The first-order chi connectivity index (χ1) is 8.89. The summed E-state index contributed by atoms with van der Waals surface area (Å²) < 4.78 is 0. The topological polar surface area (TPSA) is 37.3 Å². The lowest BCUT2D eigenvalue weighted by Crippen LogP contribution is -2.20. The molecule has 104 valence electrons. The molecule has 2 rings (SSSR count). The molecule has 0 radical (unpaired) electrons. The number of carboxylic acid groups (broad SMARTS) is 1. The Hall–Kier alpha value is -1.31. The third-order valence-electron chi connectivity index (χ3n) is 4.27. The minimum absolute atomic E-state index is 0.116. The van der Waals surface area contributed by atoms with Gasteiger partial charge in [-0.1, -0.05) is 57.9 Å². The molecular weight excluding hydrogens is 236 g/mol. The van der Waals surface area contributed by atoms with Crippen LogP contribution in [-0.2, 0) is 10.2 Å². The van der Waals surface area contributed by atoms with E-state index in [9.17, 15) is 9.90 Å². The molecule has 0 aliphatic heterocycles. The van der Waals surface area contributed by atoms with Crippen molar-refractivity contribution in [2.45, 2.75) is 57.8 Å². The lowest BCUT2D eigenvalue weighted by atomic mass is 9.82. The predicted octanol–water partition coefficient (Wildman–Crippen LogP) is 4.34. The van der Waals surface area contributed by atoms with Crippen molar-refractivity contribution in [3.63, 3.8) is 0 Å². The summed E-state index contributed by atoms with van der Waals surface area (Å²) in [6, 6.07) is 8.19. The van der Waals surface area contributed by atoms with Crippen LogP contribution in [0.25, 0.3) is 0 Å². The maximum Gasteiger partial charge on any atom is 0.311 e. The zero-order valence-electron chi connectivity index (χ0n) is 12.1. The predicted molar refractivity (Wildman–Crippen MR) is 77.5 cm³/mol. The van der Waals surface area contributed by atoms with Crippen LogP contribution in [-0.4, -0.2) is 11.1 Å². The zero-order valence-corrected chi connectivity index (χ0v) is 12.1. The molecular formula is C17H24O2. The van der Waals surface area contributed by atoms with Gasteiger partial charge in [0.2, 0.25) is 0 Å². The first-order valence-corrected chi connectivity index (χ1v) is 7.23. The van der Waals surface area contributed by atoms with Crippen LogP contribution in [0, 0.1) is 5.92 Å². The van der Waals surface area contributed by atoms with E-state index >= 15 is 0 Å². The van der Waals surface area contributed by atoms with Gasteiger partial charge in [-0.25, -0.2) is 0 Å². The molecule has 1 N–H and O–H groups in total. The first kappa shape index (κ1) is 14.1. The highest BCUT2D eigenvalue weighted by atomic mass is 16.4. The zero-order chi connectivity index (χ0) is 14.0. The molecule has 1 saturated carbocycles. The van der Waals surface area contributed by atoms with Gasteiger partial charge in [0, 0.05) is 0 Å². The average Bonchev–Trinajstić information content (AvgIpc) is 2.82. The van der Waals surface area contributed by atoms with E-state index in [0.717, 1.165) is 18.4 Å². The molecule has 1 aliphatic carbocycles. The number of carboxylic acids is 1. The van der Waals surface area contributed by atoms with Crippen LogP contribution in [0.5, 0.6) is 0 Å². The summed E-state index contributed by atoms with van der Waals surface area (Å²) >= 11 is 0. The van der Waals surface area contributed by atoms with Gasteiger partial charge in [-0.3, -0.25) is 4.79 Å². The van der Waals surface area contributed by atoms with Crippen molar-refractivity contribution in [2.24, 2.45) is 5.92 Å². The Balaban J connectivity index is 2.25. The summed E-state index contributed by atoms with van der Waals surface area (Å²) in [7, 11) is 0. The lowest BCUT2D eigenvalue weighted by Gasteiger charge is -2.22. The Kier molecular flexibility index (Phi) is 3.98. The van der Waals surface area contributed by atoms with Crippen molar-refractivity contribution in [3.8, 4) is 0 Å². The Labute approximate surface area is 115 Å². The lowest BCUT2D eigenvalue weighted by molar-refractivity contribution is -0.140. The number of aliphatic carboxylic acids is 1. The van der Waals surface area contributed by atoms with Crippen molar-refractivity contribution in [3.05, 3.63) is 35.4 Å². The van der Waals surface area contributed by atoms with Crippen LogP contribution in [0.4, 0.5) is 0 Å². The average molecular weight is 260 g/mol. The van der Waals surface area contributed by atoms with Crippen molar-refractivity contribution in [2.75, 3.05) is 0 Å². The molecule has 1 aliphatic rings. The van der Waals surface area contributed by atoms with Gasteiger partial charge >= 0.3 is 5.97 Å². The smallest absolute Gasteiger partial charge is 0.311 e. The molecule has 0 saturated heterocycles. The fraction of sp³-hybridized carbons (Fsp3) is 0.588. The summed E-state index contributed by atoms with van der Waals surface area (Å²) in [4.78, 5) is 11.6. The fourth-order valence-electron chi connectivity index (χ4n) is 3.10. The Morgan fingerprint density at radius 3 is 2.11 bits per heavy atom. The van der Waals surface area contributed by atoms with Gasteiger partial charge in [-0.2, -0.15) is 0 Å². The van der Waals surface area contributed by atoms with Crippen LogP contribution >= 0.6 is 0 Å². The quantitative estimate of drug-likeness (QED) is 0.877. The Bertz CT molecular complexity index is 433. The second-order valence-corrected chi connectivity index (χ2v) is 6.73. The van der Waals surface area contributed by atoms with Gasteiger partial charge in [-0.05, 0) is 35.3 Å². The maximum atomic E-state index is 11.6. The standard InChI is InChI=1S/C17H24O2/c1-17(2,3)14-10-8-13(9-11-14)15(16(18)19)12-6-4-5-7-12/h8-12,15H,4-7H2,1-3H3,(H,18,19). The van der Waals surface area contributed by atoms with Gasteiger partial charge in [0.15, 0.2) is 0 Å². The maximum absolute atomic E-state index is 11.6. The number of hydrogen-bond donors (Lipinski definition) is 1. The number of carbonyl (C=O) groups is 1. The third kappa shape index (κ3) is 3.17. The summed E-state index contributed by atoms with van der Waals surface area (Å²) in [5.74, 6) is -0.676. The third-order valence-corrected chi connectivity index (χ3v) is 4.27. The van der Waals surface area contributed by atoms with E-state index in [1.165, 1.54) is 18.4 Å². The van der Waals surface area contributed by atoms with Crippen molar-refractivity contribution >= 4 is 5.97 Å². The van der Waals surface area contributed by atoms with Crippen molar-refractivity contribution in [1.29, 1.82) is 0 Å². The molecule has 0 spiro atoms. The molecule has 2 heteroatoms. The van der Waals surface area contributed by atoms with Gasteiger partial charge in [0.05, 0.1) is 5.92 Å². The van der Waals surface area contributed by atoms with Crippen LogP contribution < -0.4 is 0 Å². The van der Waals surface area contributed by atoms with Gasteiger partial charge < -0.3 is 5.11 Å². The normalized spacial score (nSPS) is 18.5. The van der Waals surface area contributed by atoms with Gasteiger partial charge in [0.1, 0.15) is 0 Å². The summed E-state index contributed by atoms with van der Waals surface area (Å²) in [6.07, 6.45) is 4.46. The SMILES string of the molecule is CC(C)(C)c1ccc(C(C(=O)O)C2CCCC2)cc1. The van der Waals surface area contributed by atoms with Gasteiger partial charge in [0.25, 0.3) is 0 Å². The minimum Gasteiger partial charge on any atom is -0.481 e. The highest BCUT2D eigenvalue weighted by Crippen LogP contribution is 2.38. The molecule has 0 amide bonds. The summed E-state index contributed by atoms with van der Waals surface area (Å²) in [6.45, 7) is 6.52. The molecule has 0 heterocycles. The van der Waals surface area contributed by atoms with E-state index in [1.807, 2.05) is 12.1 Å². The van der Waals surface area contributed by atoms with E-state index < -0.39 is 5.97 Å². The van der Waals surface area contributed by atoms with Crippen molar-refractivity contribution < 1.29 is 9.90 Å². The van der Waals surface area contributed by atoms with Gasteiger partial charge in [-0.15, -0.1) is 0 Å². The first-order valence-electron chi connectivity index (χ1n) is 7.23. The molecule has 1 aromatic carbocycles. The molecule has 1 atom stereocenters. The number of rotatable bonds is 3. The number of hydrogen-bond acceptors (Lipinski definition) is 1. The van der Waals surface area contributed by atoms with Crippen LogP contribution in [0.2, 0.25) is 0 Å². The van der Waals surface area contributed by atoms with Crippen LogP contribution in [0.1, 0.15) is 63.5 Å². The molecule has 2 nitrogen and oxygen atoms in total. The molecule has 1 fully saturated rings. The van der Waals surface area contributed by atoms with E-state index in [1.54, 1.807) is 0 Å². The van der Waals surface area contributed by atoms with E-state index in [4.69, 9.17) is 0 Å². The van der Waals surface area contributed by atoms with Crippen LogP contribution in [0.15, 0.2) is 24.3 Å². The van der Waals surface area contributed by atoms with Crippen molar-refractivity contribution in [1.82, 2.24) is 0 Å². The minimum atomic E-state index is -0.671. The number of benzene rings is 1. The fourth-order valence-corrected chi connectivity index (χ4v) is 3.10. The monoisotopic (exact) mass is 260 g/mol. The highest BCUT2D eigenvalue weighted by Gasteiger charge is 2.31. The molecule has 19 heavy (non-hydrogen) atoms. The van der Waals surface area contributed by atoms with Crippen LogP contribution in [0.3, 0.4) is 0 Å². The van der Waals surface area contributed by atoms with E-state index in [-0.39, 0.29) is 11.3 Å². The second-order valence-electron chi connectivity index (χ2n) is 6.73. The Morgan fingerprint density at radius 2 is 1.68 bits per heavy atom. The summed E-state index contributed by atoms with van der Waals surface area (Å²) in [5.41, 5.74) is 2.34. The second kappa shape index (κ2) is 5.36. The largest absolute Gasteiger partial charge is 0.481 e. The molecule has 1 unspecified atom stereocenters.